The summed E-state index contributed by atoms with van der Waals surface area (Å²) in [6.45, 7) is 7.58. The van der Waals surface area contributed by atoms with Crippen molar-refractivity contribution in [3.05, 3.63) is 30.1 Å². The Morgan fingerprint density at radius 1 is 1.19 bits per heavy atom. The third-order valence-electron chi connectivity index (χ3n) is 2.21. The molecule has 1 aromatic rings. The summed E-state index contributed by atoms with van der Waals surface area (Å²) in [5, 5.41) is 0. The lowest BCUT2D eigenvalue weighted by atomic mass is 9.92. The number of rotatable bonds is 2. The van der Waals surface area contributed by atoms with Gasteiger partial charge >= 0.3 is 5.91 Å². The van der Waals surface area contributed by atoms with Gasteiger partial charge in [0.15, 0.2) is 18.2 Å². The van der Waals surface area contributed by atoms with Gasteiger partial charge in [0.05, 0.1) is 6.42 Å². The monoisotopic (exact) mass is 220 g/mol. The Labute approximate surface area is 96.1 Å². The standard InChI is InChI=1S/C13H18NO2/c1-10(15)11-5-7-14(8-6-11)12(16)9-13(2,3)4/h5-8H,9H2,1-4H3/q+1. The highest BCUT2D eigenvalue weighted by molar-refractivity contribution is 5.93. The molecule has 0 saturated carbocycles. The minimum absolute atomic E-state index is 0.00965. The largest absolute Gasteiger partial charge is 0.392 e. The first kappa shape index (κ1) is 12.6. The van der Waals surface area contributed by atoms with Crippen LogP contribution in [0.3, 0.4) is 0 Å². The average molecular weight is 220 g/mol. The van der Waals surface area contributed by atoms with Crippen molar-refractivity contribution in [1.82, 2.24) is 0 Å². The van der Waals surface area contributed by atoms with Gasteiger partial charge in [-0.15, -0.1) is 4.57 Å². The van der Waals surface area contributed by atoms with Crippen molar-refractivity contribution in [2.24, 2.45) is 5.41 Å². The van der Waals surface area contributed by atoms with Gasteiger partial charge in [0, 0.05) is 17.7 Å². The van der Waals surface area contributed by atoms with E-state index in [1.54, 1.807) is 24.5 Å². The Morgan fingerprint density at radius 2 is 1.69 bits per heavy atom. The topological polar surface area (TPSA) is 38.0 Å². The molecule has 1 heterocycles. The van der Waals surface area contributed by atoms with Crippen LogP contribution in [0.15, 0.2) is 24.5 Å². The maximum Gasteiger partial charge on any atom is 0.392 e. The minimum Gasteiger partial charge on any atom is -0.295 e. The number of aromatic nitrogens is 1. The maximum absolute atomic E-state index is 11.8. The highest BCUT2D eigenvalue weighted by atomic mass is 16.2. The molecule has 86 valence electrons. The molecule has 1 rings (SSSR count). The second-order valence-electron chi connectivity index (χ2n) is 5.18. The number of ketones is 1. The maximum atomic E-state index is 11.8. The van der Waals surface area contributed by atoms with Crippen LogP contribution < -0.4 is 4.57 Å². The van der Waals surface area contributed by atoms with Crippen LogP contribution in [-0.2, 0) is 0 Å². The summed E-state index contributed by atoms with van der Waals surface area (Å²) in [5.74, 6) is 0.0537. The molecule has 0 unspecified atom stereocenters. The molecule has 0 atom stereocenters. The molecular formula is C13H18NO2+. The van der Waals surface area contributed by atoms with Crippen molar-refractivity contribution in [2.75, 3.05) is 0 Å². The van der Waals surface area contributed by atoms with Crippen LogP contribution in [0, 0.1) is 5.41 Å². The van der Waals surface area contributed by atoms with Crippen LogP contribution in [0.4, 0.5) is 0 Å². The number of pyridine rings is 1. The summed E-state index contributed by atoms with van der Waals surface area (Å²) in [7, 11) is 0. The quantitative estimate of drug-likeness (QED) is 0.566. The van der Waals surface area contributed by atoms with Gasteiger partial charge in [-0.1, -0.05) is 20.8 Å². The van der Waals surface area contributed by atoms with Crippen molar-refractivity contribution in [3.63, 3.8) is 0 Å². The van der Waals surface area contributed by atoms with Crippen LogP contribution in [-0.4, -0.2) is 11.7 Å². The number of carbonyl (C=O) groups excluding carboxylic acids is 2. The first-order valence-electron chi connectivity index (χ1n) is 5.35. The first-order valence-corrected chi connectivity index (χ1v) is 5.35. The van der Waals surface area contributed by atoms with Crippen molar-refractivity contribution < 1.29 is 14.2 Å². The van der Waals surface area contributed by atoms with Crippen molar-refractivity contribution >= 4 is 11.7 Å². The van der Waals surface area contributed by atoms with Gasteiger partial charge in [-0.05, 0) is 12.3 Å². The molecule has 0 bridgehead atoms. The van der Waals surface area contributed by atoms with E-state index in [0.29, 0.717) is 12.0 Å². The second-order valence-corrected chi connectivity index (χ2v) is 5.18. The van der Waals surface area contributed by atoms with Gasteiger partial charge in [0.25, 0.3) is 0 Å². The van der Waals surface area contributed by atoms with E-state index in [-0.39, 0.29) is 17.1 Å². The van der Waals surface area contributed by atoms with Gasteiger partial charge in [-0.3, -0.25) is 4.79 Å². The van der Waals surface area contributed by atoms with E-state index < -0.39 is 0 Å². The normalized spacial score (nSPS) is 11.2. The summed E-state index contributed by atoms with van der Waals surface area (Å²) >= 11 is 0. The number of carbonyl (C=O) groups is 2. The van der Waals surface area contributed by atoms with Crippen molar-refractivity contribution in [2.45, 2.75) is 34.1 Å². The summed E-state index contributed by atoms with van der Waals surface area (Å²) in [6.07, 6.45) is 3.77. The number of hydrogen-bond acceptors (Lipinski definition) is 2. The SMILES string of the molecule is CC(=O)c1cc[n+](C(=O)CC(C)(C)C)cc1. The van der Waals surface area contributed by atoms with Crippen molar-refractivity contribution in [3.8, 4) is 0 Å². The lowest BCUT2D eigenvalue weighted by molar-refractivity contribution is -0.575. The van der Waals surface area contributed by atoms with Gasteiger partial charge in [0.1, 0.15) is 0 Å². The van der Waals surface area contributed by atoms with E-state index in [0.717, 1.165) is 0 Å². The summed E-state index contributed by atoms with van der Waals surface area (Å²) < 4.78 is 1.53. The molecule has 0 N–H and O–H groups in total. The van der Waals surface area contributed by atoms with E-state index >= 15 is 0 Å². The van der Waals surface area contributed by atoms with Crippen LogP contribution in [0.5, 0.6) is 0 Å². The van der Waals surface area contributed by atoms with Crippen LogP contribution in [0.25, 0.3) is 0 Å². The van der Waals surface area contributed by atoms with Crippen LogP contribution in [0.1, 0.15) is 49.3 Å². The van der Waals surface area contributed by atoms with Gasteiger partial charge in [0.2, 0.25) is 0 Å². The molecule has 0 radical (unpaired) electrons. The molecule has 0 amide bonds. The molecule has 16 heavy (non-hydrogen) atoms. The third kappa shape index (κ3) is 3.57. The highest BCUT2D eigenvalue weighted by Crippen LogP contribution is 2.17. The summed E-state index contributed by atoms with van der Waals surface area (Å²) in [6, 6.07) is 3.34. The van der Waals surface area contributed by atoms with Gasteiger partial charge < -0.3 is 0 Å². The fourth-order valence-electron chi connectivity index (χ4n) is 1.37. The predicted molar refractivity (Wildman–Crippen MR) is 61.3 cm³/mol. The number of hydrogen-bond donors (Lipinski definition) is 0. The number of nitrogens with zero attached hydrogens (tertiary/aromatic N) is 1. The molecule has 3 nitrogen and oxygen atoms in total. The highest BCUT2D eigenvalue weighted by Gasteiger charge is 2.23. The molecule has 3 heteroatoms. The first-order chi connectivity index (χ1) is 7.29. The molecule has 1 aromatic heterocycles. The lowest BCUT2D eigenvalue weighted by Gasteiger charge is -2.13. The Hall–Kier alpha value is -1.51. The molecule has 0 spiro atoms. The second kappa shape index (κ2) is 4.56. The Kier molecular flexibility index (Phi) is 3.58. The molecule has 0 aliphatic rings. The molecule has 0 aliphatic carbocycles. The van der Waals surface area contributed by atoms with E-state index in [1.807, 2.05) is 20.8 Å². The van der Waals surface area contributed by atoms with Crippen LogP contribution in [0.2, 0.25) is 0 Å². The van der Waals surface area contributed by atoms with E-state index in [9.17, 15) is 9.59 Å². The molecule has 0 fully saturated rings. The van der Waals surface area contributed by atoms with Gasteiger partial charge in [-0.25, -0.2) is 4.79 Å². The third-order valence-corrected chi connectivity index (χ3v) is 2.21. The van der Waals surface area contributed by atoms with Crippen LogP contribution >= 0.6 is 0 Å². The zero-order chi connectivity index (χ0) is 12.3. The zero-order valence-electron chi connectivity index (χ0n) is 10.3. The van der Waals surface area contributed by atoms with E-state index in [4.69, 9.17) is 0 Å². The fraction of sp³-hybridized carbons (Fsp3) is 0.462. The van der Waals surface area contributed by atoms with E-state index in [1.165, 1.54) is 11.5 Å². The average Bonchev–Trinajstić information content (AvgIpc) is 2.15. The predicted octanol–water partition coefficient (Wildman–Crippen LogP) is 2.25. The summed E-state index contributed by atoms with van der Waals surface area (Å²) in [4.78, 5) is 22.9. The number of Topliss-reactive ketones (excluding diaryl/α,β-unsaturated/α-hetero) is 1. The molecule has 0 aromatic carbocycles. The molecule has 0 saturated heterocycles. The van der Waals surface area contributed by atoms with E-state index in [2.05, 4.69) is 0 Å². The fourth-order valence-corrected chi connectivity index (χ4v) is 1.37. The molecular weight excluding hydrogens is 202 g/mol. The van der Waals surface area contributed by atoms with Crippen molar-refractivity contribution in [1.29, 1.82) is 0 Å². The smallest absolute Gasteiger partial charge is 0.295 e. The minimum atomic E-state index is -0.0245. The lowest BCUT2D eigenvalue weighted by Crippen LogP contribution is -2.43. The van der Waals surface area contributed by atoms with Gasteiger partial charge in [-0.2, -0.15) is 0 Å². The summed E-state index contributed by atoms with van der Waals surface area (Å²) in [5.41, 5.74) is 0.600. The molecule has 0 aliphatic heterocycles. The Bertz CT molecular complexity index is 399. The Morgan fingerprint density at radius 3 is 2.06 bits per heavy atom. The zero-order valence-corrected chi connectivity index (χ0v) is 10.3. The Balaban J connectivity index is 2.82.